The van der Waals surface area contributed by atoms with Gasteiger partial charge in [0.15, 0.2) is 0 Å². The number of benzene rings is 1. The Balaban J connectivity index is 1.47. The molecule has 1 aromatic rings. The molecule has 3 rings (SSSR count). The van der Waals surface area contributed by atoms with Crippen LogP contribution >= 0.6 is 0 Å². The minimum Gasteiger partial charge on any atom is -0.351 e. The maximum atomic E-state index is 12.9. The van der Waals surface area contributed by atoms with Crippen LogP contribution in [0.4, 0.5) is 4.79 Å². The molecule has 0 bridgehead atoms. The third-order valence-electron chi connectivity index (χ3n) is 6.84. The Morgan fingerprint density at radius 3 is 2.33 bits per heavy atom. The van der Waals surface area contributed by atoms with Gasteiger partial charge in [0, 0.05) is 51.7 Å². The van der Waals surface area contributed by atoms with Crippen LogP contribution in [-0.4, -0.2) is 71.9 Å². The van der Waals surface area contributed by atoms with Gasteiger partial charge in [-0.15, -0.1) is 0 Å². The Hall–Kier alpha value is -2.08. The van der Waals surface area contributed by atoms with Crippen molar-refractivity contribution in [2.24, 2.45) is 5.73 Å². The fourth-order valence-electron chi connectivity index (χ4n) is 4.92. The molecule has 2 aliphatic rings. The van der Waals surface area contributed by atoms with Crippen molar-refractivity contribution in [2.45, 2.75) is 64.8 Å². The van der Waals surface area contributed by atoms with E-state index in [9.17, 15) is 9.59 Å². The van der Waals surface area contributed by atoms with Crippen molar-refractivity contribution < 1.29 is 9.59 Å². The van der Waals surface area contributed by atoms with E-state index in [0.29, 0.717) is 12.5 Å². The highest BCUT2D eigenvalue weighted by Gasteiger charge is 2.28. The number of hydrogen-bond donors (Lipinski definition) is 1. The Kier molecular flexibility index (Phi) is 8.14. The van der Waals surface area contributed by atoms with E-state index in [1.165, 1.54) is 16.7 Å². The van der Waals surface area contributed by atoms with Gasteiger partial charge in [-0.05, 0) is 55.2 Å². The van der Waals surface area contributed by atoms with E-state index in [-0.39, 0.29) is 11.9 Å². The van der Waals surface area contributed by atoms with Crippen LogP contribution < -0.4 is 5.73 Å². The number of aryl methyl sites for hydroxylation is 3. The molecule has 6 nitrogen and oxygen atoms in total. The zero-order valence-electron chi connectivity index (χ0n) is 18.7. The summed E-state index contributed by atoms with van der Waals surface area (Å²) in [5.41, 5.74) is 9.50. The highest BCUT2D eigenvalue weighted by molar-refractivity contribution is 5.76. The first-order chi connectivity index (χ1) is 14.5. The second-order valence-electron chi connectivity index (χ2n) is 8.64. The fourth-order valence-corrected chi connectivity index (χ4v) is 4.92. The predicted octanol–water partition coefficient (Wildman–Crippen LogP) is 2.82. The first-order valence-corrected chi connectivity index (χ1v) is 11.7. The van der Waals surface area contributed by atoms with Crippen molar-refractivity contribution in [2.75, 3.05) is 39.3 Å². The summed E-state index contributed by atoms with van der Waals surface area (Å²) in [5, 5.41) is 0. The number of carbonyl (C=O) groups excluding carboxylic acids is 2. The molecule has 0 saturated carbocycles. The zero-order chi connectivity index (χ0) is 21.5. The summed E-state index contributed by atoms with van der Waals surface area (Å²) in [7, 11) is 0. The summed E-state index contributed by atoms with van der Waals surface area (Å²) in [5.74, 6) is 0.276. The number of nitrogens with two attached hydrogens (primary N) is 1. The molecule has 2 heterocycles. The maximum Gasteiger partial charge on any atom is 0.314 e. The van der Waals surface area contributed by atoms with Crippen LogP contribution in [0.2, 0.25) is 0 Å². The average molecular weight is 415 g/mol. The number of carbonyl (C=O) groups is 2. The summed E-state index contributed by atoms with van der Waals surface area (Å²) in [6, 6.07) is 6.89. The smallest absolute Gasteiger partial charge is 0.314 e. The first kappa shape index (κ1) is 22.6. The molecule has 2 N–H and O–H groups in total. The lowest BCUT2D eigenvalue weighted by Gasteiger charge is -2.37. The lowest BCUT2D eigenvalue weighted by atomic mass is 9.98. The molecule has 30 heavy (non-hydrogen) atoms. The van der Waals surface area contributed by atoms with Crippen LogP contribution in [0, 0.1) is 0 Å². The fraction of sp³-hybridized carbons (Fsp3) is 0.667. The summed E-state index contributed by atoms with van der Waals surface area (Å²) in [4.78, 5) is 30.5. The van der Waals surface area contributed by atoms with E-state index in [2.05, 4.69) is 41.8 Å². The van der Waals surface area contributed by atoms with Crippen molar-refractivity contribution >= 4 is 11.9 Å². The number of rotatable bonds is 6. The summed E-state index contributed by atoms with van der Waals surface area (Å²) >= 11 is 0. The first-order valence-electron chi connectivity index (χ1n) is 11.7. The number of piperidine rings is 1. The van der Waals surface area contributed by atoms with Gasteiger partial charge in [0.1, 0.15) is 0 Å². The Bertz CT molecular complexity index is 728. The number of hydrogen-bond acceptors (Lipinski definition) is 3. The number of amides is 3. The monoisotopic (exact) mass is 414 g/mol. The van der Waals surface area contributed by atoms with Gasteiger partial charge in [-0.3, -0.25) is 9.69 Å². The van der Waals surface area contributed by atoms with Crippen LogP contribution in [0.15, 0.2) is 18.2 Å². The minimum absolute atomic E-state index is 0.276. The van der Waals surface area contributed by atoms with Crippen molar-refractivity contribution in [3.05, 3.63) is 34.9 Å². The lowest BCUT2D eigenvalue weighted by molar-refractivity contribution is -0.131. The molecule has 0 aromatic heterocycles. The zero-order valence-corrected chi connectivity index (χ0v) is 18.7. The van der Waals surface area contributed by atoms with Crippen molar-refractivity contribution in [1.82, 2.24) is 14.7 Å². The Morgan fingerprint density at radius 1 is 0.933 bits per heavy atom. The topological polar surface area (TPSA) is 69.9 Å². The van der Waals surface area contributed by atoms with Crippen LogP contribution in [0.25, 0.3) is 0 Å². The van der Waals surface area contributed by atoms with E-state index in [0.717, 1.165) is 77.8 Å². The SMILES string of the molecule is CCc1ccc(CCC(=O)N2CCCN(C3CCN(C(N)=O)CC3)CC2)cc1CC. The standard InChI is InChI=1S/C24H38N4O2/c1-3-20-8-6-19(18-21(20)4-2)7-9-23(29)27-13-5-12-26(16-17-27)22-10-14-28(15-11-22)24(25)30/h6,8,18,22H,3-5,7,9-17H2,1-2H3,(H2,25,30). The highest BCUT2D eigenvalue weighted by Crippen LogP contribution is 2.19. The maximum absolute atomic E-state index is 12.9. The lowest BCUT2D eigenvalue weighted by Crippen LogP contribution is -2.49. The predicted molar refractivity (Wildman–Crippen MR) is 120 cm³/mol. The average Bonchev–Trinajstić information content (AvgIpc) is 3.03. The van der Waals surface area contributed by atoms with Gasteiger partial charge < -0.3 is 15.5 Å². The molecule has 6 heteroatoms. The normalized spacial score (nSPS) is 19.0. The van der Waals surface area contributed by atoms with Gasteiger partial charge >= 0.3 is 6.03 Å². The van der Waals surface area contributed by atoms with Crippen molar-refractivity contribution in [3.63, 3.8) is 0 Å². The minimum atomic E-state index is -0.309. The van der Waals surface area contributed by atoms with Crippen LogP contribution in [0.3, 0.4) is 0 Å². The molecule has 3 amide bonds. The van der Waals surface area contributed by atoms with Crippen molar-refractivity contribution in [1.29, 1.82) is 0 Å². The molecule has 0 spiro atoms. The molecular formula is C24H38N4O2. The van der Waals surface area contributed by atoms with E-state index < -0.39 is 0 Å². The number of likely N-dealkylation sites (tertiary alicyclic amines) is 1. The molecule has 1 aromatic carbocycles. The van der Waals surface area contributed by atoms with Gasteiger partial charge in [-0.2, -0.15) is 0 Å². The molecule has 0 aliphatic carbocycles. The van der Waals surface area contributed by atoms with E-state index in [1.54, 1.807) is 4.90 Å². The second-order valence-corrected chi connectivity index (χ2v) is 8.64. The number of nitrogens with zero attached hydrogens (tertiary/aromatic N) is 3. The molecule has 0 radical (unpaired) electrons. The largest absolute Gasteiger partial charge is 0.351 e. The van der Waals surface area contributed by atoms with Gasteiger partial charge in [-0.1, -0.05) is 32.0 Å². The van der Waals surface area contributed by atoms with Gasteiger partial charge in [-0.25, -0.2) is 4.79 Å². The molecule has 2 saturated heterocycles. The molecule has 2 fully saturated rings. The number of primary amides is 1. The Morgan fingerprint density at radius 2 is 1.67 bits per heavy atom. The third-order valence-corrected chi connectivity index (χ3v) is 6.84. The van der Waals surface area contributed by atoms with E-state index in [1.807, 2.05) is 0 Å². The van der Waals surface area contributed by atoms with Crippen LogP contribution in [-0.2, 0) is 24.1 Å². The Labute approximate surface area is 181 Å². The quantitative estimate of drug-likeness (QED) is 0.778. The third kappa shape index (κ3) is 5.75. The van der Waals surface area contributed by atoms with Crippen molar-refractivity contribution in [3.8, 4) is 0 Å². The molecular weight excluding hydrogens is 376 g/mol. The number of urea groups is 1. The molecule has 2 aliphatic heterocycles. The molecule has 0 unspecified atom stereocenters. The van der Waals surface area contributed by atoms with Gasteiger partial charge in [0.25, 0.3) is 0 Å². The molecule has 0 atom stereocenters. The molecule has 166 valence electrons. The van der Waals surface area contributed by atoms with E-state index >= 15 is 0 Å². The summed E-state index contributed by atoms with van der Waals surface area (Å²) in [6.45, 7) is 9.51. The summed E-state index contributed by atoms with van der Waals surface area (Å²) in [6.07, 6.45) is 6.49. The van der Waals surface area contributed by atoms with Gasteiger partial charge in [0.05, 0.1) is 0 Å². The van der Waals surface area contributed by atoms with Crippen LogP contribution in [0.5, 0.6) is 0 Å². The van der Waals surface area contributed by atoms with E-state index in [4.69, 9.17) is 5.73 Å². The summed E-state index contributed by atoms with van der Waals surface area (Å²) < 4.78 is 0. The van der Waals surface area contributed by atoms with Gasteiger partial charge in [0.2, 0.25) is 5.91 Å². The van der Waals surface area contributed by atoms with Crippen LogP contribution in [0.1, 0.15) is 56.2 Å². The highest BCUT2D eigenvalue weighted by atomic mass is 16.2. The second kappa shape index (κ2) is 10.8.